The van der Waals surface area contributed by atoms with Crippen molar-refractivity contribution >= 4 is 12.0 Å². The van der Waals surface area contributed by atoms with Crippen LogP contribution in [0, 0.1) is 5.92 Å². The van der Waals surface area contributed by atoms with Gasteiger partial charge in [-0.25, -0.2) is 0 Å². The van der Waals surface area contributed by atoms with Gasteiger partial charge >= 0.3 is 0 Å². The van der Waals surface area contributed by atoms with Crippen molar-refractivity contribution in [1.29, 1.82) is 0 Å². The quantitative estimate of drug-likeness (QED) is 0.869. The van der Waals surface area contributed by atoms with Crippen LogP contribution in [-0.2, 0) is 4.79 Å². The fourth-order valence-corrected chi connectivity index (χ4v) is 2.84. The minimum absolute atomic E-state index is 0.0211. The van der Waals surface area contributed by atoms with E-state index in [1.54, 1.807) is 6.08 Å². The summed E-state index contributed by atoms with van der Waals surface area (Å²) in [7, 11) is 0. The molecule has 1 aliphatic carbocycles. The Balaban J connectivity index is 1.54. The zero-order valence-corrected chi connectivity index (χ0v) is 12.3. The summed E-state index contributed by atoms with van der Waals surface area (Å²) in [4.78, 5) is 11.9. The molecule has 4 heteroatoms. The Labute approximate surface area is 125 Å². The van der Waals surface area contributed by atoms with Gasteiger partial charge in [0.1, 0.15) is 0 Å². The Morgan fingerprint density at radius 1 is 1.19 bits per heavy atom. The number of rotatable bonds is 3. The average Bonchev–Trinajstić information content (AvgIpc) is 2.95. The SMILES string of the molecule is C[C@H]1CC[C@H](NC(=O)/C=C/c2ccc3c(c2)OCO3)CC1. The highest BCUT2D eigenvalue weighted by Gasteiger charge is 2.18. The van der Waals surface area contributed by atoms with Crippen LogP contribution >= 0.6 is 0 Å². The Kier molecular flexibility index (Phi) is 4.13. The highest BCUT2D eigenvalue weighted by molar-refractivity contribution is 5.92. The van der Waals surface area contributed by atoms with Crippen LogP contribution in [0.15, 0.2) is 24.3 Å². The number of nitrogens with one attached hydrogen (secondary N) is 1. The molecule has 0 radical (unpaired) electrons. The van der Waals surface area contributed by atoms with Gasteiger partial charge in [0.25, 0.3) is 0 Å². The van der Waals surface area contributed by atoms with Gasteiger partial charge in [0.15, 0.2) is 11.5 Å². The van der Waals surface area contributed by atoms with Gasteiger partial charge in [-0.2, -0.15) is 0 Å². The van der Waals surface area contributed by atoms with Crippen LogP contribution in [0.4, 0.5) is 0 Å². The highest BCUT2D eigenvalue weighted by Crippen LogP contribution is 2.32. The second kappa shape index (κ2) is 6.20. The van der Waals surface area contributed by atoms with E-state index >= 15 is 0 Å². The van der Waals surface area contributed by atoms with Crippen molar-refractivity contribution in [3.8, 4) is 11.5 Å². The molecular weight excluding hydrogens is 266 g/mol. The minimum atomic E-state index is -0.0211. The number of carbonyl (C=O) groups is 1. The number of fused-ring (bicyclic) bond motifs is 1. The predicted molar refractivity (Wildman–Crippen MR) is 81.2 cm³/mol. The molecule has 1 aromatic carbocycles. The molecule has 2 aliphatic rings. The van der Waals surface area contributed by atoms with Gasteiger partial charge in [-0.15, -0.1) is 0 Å². The van der Waals surface area contributed by atoms with Crippen LogP contribution in [0.3, 0.4) is 0 Å². The Bertz CT molecular complexity index is 545. The number of carbonyl (C=O) groups excluding carboxylic acids is 1. The predicted octanol–water partition coefficient (Wildman–Crippen LogP) is 3.12. The minimum Gasteiger partial charge on any atom is -0.454 e. The number of ether oxygens (including phenoxy) is 2. The van der Waals surface area contributed by atoms with E-state index in [2.05, 4.69) is 12.2 Å². The van der Waals surface area contributed by atoms with E-state index in [1.807, 2.05) is 24.3 Å². The molecule has 1 heterocycles. The largest absolute Gasteiger partial charge is 0.454 e. The summed E-state index contributed by atoms with van der Waals surface area (Å²) < 4.78 is 10.6. The summed E-state index contributed by atoms with van der Waals surface area (Å²) in [5.41, 5.74) is 0.937. The molecule has 112 valence electrons. The van der Waals surface area contributed by atoms with E-state index in [-0.39, 0.29) is 12.7 Å². The average molecular weight is 287 g/mol. The lowest BCUT2D eigenvalue weighted by Gasteiger charge is -2.26. The summed E-state index contributed by atoms with van der Waals surface area (Å²) >= 11 is 0. The zero-order valence-electron chi connectivity index (χ0n) is 12.3. The first-order valence-corrected chi connectivity index (χ1v) is 7.59. The maximum absolute atomic E-state index is 11.9. The Morgan fingerprint density at radius 2 is 1.95 bits per heavy atom. The van der Waals surface area contributed by atoms with Crippen molar-refractivity contribution < 1.29 is 14.3 Å². The monoisotopic (exact) mass is 287 g/mol. The van der Waals surface area contributed by atoms with Gasteiger partial charge in [0.05, 0.1) is 0 Å². The van der Waals surface area contributed by atoms with Crippen molar-refractivity contribution in [1.82, 2.24) is 5.32 Å². The van der Waals surface area contributed by atoms with E-state index in [1.165, 1.54) is 12.8 Å². The topological polar surface area (TPSA) is 47.6 Å². The van der Waals surface area contributed by atoms with Crippen molar-refractivity contribution in [3.63, 3.8) is 0 Å². The van der Waals surface area contributed by atoms with Crippen molar-refractivity contribution in [2.24, 2.45) is 5.92 Å². The second-order valence-electron chi connectivity index (χ2n) is 5.91. The van der Waals surface area contributed by atoms with Crippen LogP contribution in [0.2, 0.25) is 0 Å². The van der Waals surface area contributed by atoms with Crippen LogP contribution in [0.1, 0.15) is 38.2 Å². The molecule has 1 N–H and O–H groups in total. The number of benzene rings is 1. The number of hydrogen-bond donors (Lipinski definition) is 1. The lowest BCUT2D eigenvalue weighted by atomic mass is 9.87. The fourth-order valence-electron chi connectivity index (χ4n) is 2.84. The van der Waals surface area contributed by atoms with E-state index in [0.717, 1.165) is 35.8 Å². The van der Waals surface area contributed by atoms with Gasteiger partial charge < -0.3 is 14.8 Å². The molecule has 21 heavy (non-hydrogen) atoms. The third-order valence-electron chi connectivity index (χ3n) is 4.19. The van der Waals surface area contributed by atoms with Crippen molar-refractivity contribution in [2.45, 2.75) is 38.6 Å². The smallest absolute Gasteiger partial charge is 0.244 e. The molecule has 0 saturated heterocycles. The van der Waals surface area contributed by atoms with Crippen molar-refractivity contribution in [2.75, 3.05) is 6.79 Å². The third-order valence-corrected chi connectivity index (χ3v) is 4.19. The van der Waals surface area contributed by atoms with Crippen LogP contribution in [0.25, 0.3) is 6.08 Å². The highest BCUT2D eigenvalue weighted by atomic mass is 16.7. The maximum Gasteiger partial charge on any atom is 0.244 e. The molecule has 1 aliphatic heterocycles. The molecule has 0 atom stereocenters. The summed E-state index contributed by atoms with van der Waals surface area (Å²) in [6.07, 6.45) is 7.99. The van der Waals surface area contributed by atoms with Crippen molar-refractivity contribution in [3.05, 3.63) is 29.8 Å². The first-order valence-electron chi connectivity index (χ1n) is 7.59. The fraction of sp³-hybridized carbons (Fsp3) is 0.471. The molecule has 3 rings (SSSR count). The maximum atomic E-state index is 11.9. The molecule has 1 saturated carbocycles. The first-order chi connectivity index (χ1) is 10.2. The Hall–Kier alpha value is -1.97. The third kappa shape index (κ3) is 3.57. The Morgan fingerprint density at radius 3 is 2.76 bits per heavy atom. The van der Waals surface area contributed by atoms with Crippen LogP contribution in [-0.4, -0.2) is 18.7 Å². The molecule has 0 spiro atoms. The molecule has 0 bridgehead atoms. The molecular formula is C17H21NO3. The van der Waals surface area contributed by atoms with E-state index in [0.29, 0.717) is 6.04 Å². The number of amides is 1. The summed E-state index contributed by atoms with van der Waals surface area (Å²) in [6.45, 7) is 2.54. The number of hydrogen-bond acceptors (Lipinski definition) is 3. The van der Waals surface area contributed by atoms with Gasteiger partial charge in [0, 0.05) is 12.1 Å². The van der Waals surface area contributed by atoms with E-state index in [4.69, 9.17) is 9.47 Å². The zero-order chi connectivity index (χ0) is 14.7. The molecule has 1 amide bonds. The standard InChI is InChI=1S/C17H21NO3/c1-12-2-6-14(7-3-12)18-17(19)9-5-13-4-8-15-16(10-13)21-11-20-15/h4-5,8-10,12,14H,2-3,6-7,11H2,1H3,(H,18,19)/b9-5+/t12-,14-. The summed E-state index contributed by atoms with van der Waals surface area (Å²) in [5, 5.41) is 3.08. The lowest BCUT2D eigenvalue weighted by Crippen LogP contribution is -2.36. The van der Waals surface area contributed by atoms with Gasteiger partial charge in [0.2, 0.25) is 12.7 Å². The first kappa shape index (κ1) is 14.0. The molecule has 0 unspecified atom stereocenters. The summed E-state index contributed by atoms with van der Waals surface area (Å²) in [5.74, 6) is 2.27. The lowest BCUT2D eigenvalue weighted by molar-refractivity contribution is -0.117. The second-order valence-corrected chi connectivity index (χ2v) is 5.91. The van der Waals surface area contributed by atoms with E-state index in [9.17, 15) is 4.79 Å². The van der Waals surface area contributed by atoms with Gasteiger partial charge in [-0.1, -0.05) is 13.0 Å². The molecule has 4 nitrogen and oxygen atoms in total. The van der Waals surface area contributed by atoms with Gasteiger partial charge in [-0.3, -0.25) is 4.79 Å². The molecule has 1 fully saturated rings. The normalized spacial score (nSPS) is 24.2. The van der Waals surface area contributed by atoms with Gasteiger partial charge in [-0.05, 0) is 55.4 Å². The van der Waals surface area contributed by atoms with E-state index < -0.39 is 0 Å². The van der Waals surface area contributed by atoms with Crippen LogP contribution in [0.5, 0.6) is 11.5 Å². The molecule has 0 aromatic heterocycles. The molecule has 1 aromatic rings. The van der Waals surface area contributed by atoms with Crippen LogP contribution < -0.4 is 14.8 Å². The summed E-state index contributed by atoms with van der Waals surface area (Å²) in [6, 6.07) is 5.99.